The van der Waals surface area contributed by atoms with Crippen LogP contribution in [0.25, 0.3) is 0 Å². The highest BCUT2D eigenvalue weighted by molar-refractivity contribution is 7.99. The van der Waals surface area contributed by atoms with Gasteiger partial charge in [0.2, 0.25) is 5.91 Å². The maximum absolute atomic E-state index is 10.9. The Balaban J connectivity index is 1.73. The smallest absolute Gasteiger partial charge is 0.221 e. The van der Waals surface area contributed by atoms with E-state index in [9.17, 15) is 4.79 Å². The van der Waals surface area contributed by atoms with E-state index in [-0.39, 0.29) is 5.91 Å². The summed E-state index contributed by atoms with van der Waals surface area (Å²) in [5.74, 6) is 2.74. The van der Waals surface area contributed by atoms with Crippen molar-refractivity contribution in [1.82, 2.24) is 10.6 Å². The predicted octanol–water partition coefficient (Wildman–Crippen LogP) is 0.360. The molecule has 74 valence electrons. The highest BCUT2D eigenvalue weighted by Crippen LogP contribution is 2.18. The quantitative estimate of drug-likeness (QED) is 0.676. The van der Waals surface area contributed by atoms with Gasteiger partial charge in [-0.1, -0.05) is 0 Å². The summed E-state index contributed by atoms with van der Waals surface area (Å²) in [5.41, 5.74) is 0. The lowest BCUT2D eigenvalue weighted by molar-refractivity contribution is -0.119. The Morgan fingerprint density at radius 2 is 2.08 bits per heavy atom. The molecule has 13 heavy (non-hydrogen) atoms. The maximum atomic E-state index is 10.9. The van der Waals surface area contributed by atoms with Crippen LogP contribution in [0.1, 0.15) is 19.3 Å². The fraction of sp³-hybridized carbons (Fsp3) is 0.889. The van der Waals surface area contributed by atoms with E-state index in [1.807, 2.05) is 11.8 Å². The zero-order valence-electron chi connectivity index (χ0n) is 7.71. The second-order valence-corrected chi connectivity index (χ2v) is 4.98. The van der Waals surface area contributed by atoms with Crippen LogP contribution >= 0.6 is 11.8 Å². The average molecular weight is 200 g/mol. The van der Waals surface area contributed by atoms with E-state index in [2.05, 4.69) is 10.6 Å². The van der Waals surface area contributed by atoms with Crippen molar-refractivity contribution in [2.45, 2.75) is 31.3 Å². The van der Waals surface area contributed by atoms with Crippen LogP contribution in [0, 0.1) is 0 Å². The summed E-state index contributed by atoms with van der Waals surface area (Å²) >= 11 is 2.03. The lowest BCUT2D eigenvalue weighted by atomic mass is 10.1. The van der Waals surface area contributed by atoms with E-state index >= 15 is 0 Å². The van der Waals surface area contributed by atoms with E-state index in [4.69, 9.17) is 0 Å². The number of thioether (sulfide) groups is 1. The zero-order chi connectivity index (χ0) is 9.10. The van der Waals surface area contributed by atoms with Gasteiger partial charge in [0.25, 0.3) is 0 Å². The van der Waals surface area contributed by atoms with Crippen molar-refractivity contribution in [3.8, 4) is 0 Å². The predicted molar refractivity (Wildman–Crippen MR) is 54.9 cm³/mol. The minimum absolute atomic E-state index is 0.197. The standard InChI is InChI=1S/C9H16N2OS/c12-9-5-8(6-10-9)11-7-1-3-13-4-2-7/h7-8,11H,1-6H2,(H,10,12). The van der Waals surface area contributed by atoms with Gasteiger partial charge in [-0.2, -0.15) is 11.8 Å². The molecule has 2 rings (SSSR count). The molecule has 1 amide bonds. The molecule has 3 nitrogen and oxygen atoms in total. The molecule has 2 aliphatic rings. The number of rotatable bonds is 2. The third-order valence-electron chi connectivity index (χ3n) is 2.67. The third kappa shape index (κ3) is 2.61. The van der Waals surface area contributed by atoms with E-state index in [0.717, 1.165) is 6.54 Å². The van der Waals surface area contributed by atoms with E-state index in [1.165, 1.54) is 24.3 Å². The van der Waals surface area contributed by atoms with Crippen LogP contribution in [0.3, 0.4) is 0 Å². The van der Waals surface area contributed by atoms with Gasteiger partial charge in [-0.15, -0.1) is 0 Å². The maximum Gasteiger partial charge on any atom is 0.221 e. The Morgan fingerprint density at radius 3 is 2.69 bits per heavy atom. The Bertz CT molecular complexity index is 192. The fourth-order valence-electron chi connectivity index (χ4n) is 1.92. The molecule has 4 heteroatoms. The van der Waals surface area contributed by atoms with Gasteiger partial charge in [-0.05, 0) is 24.3 Å². The van der Waals surface area contributed by atoms with Gasteiger partial charge in [-0.25, -0.2) is 0 Å². The van der Waals surface area contributed by atoms with Crippen molar-refractivity contribution in [1.29, 1.82) is 0 Å². The number of nitrogens with one attached hydrogen (secondary N) is 2. The van der Waals surface area contributed by atoms with Crippen LogP contribution in [0.15, 0.2) is 0 Å². The summed E-state index contributed by atoms with van der Waals surface area (Å²) in [5, 5.41) is 6.40. The summed E-state index contributed by atoms with van der Waals surface area (Å²) in [6, 6.07) is 1.04. The van der Waals surface area contributed by atoms with Crippen molar-refractivity contribution in [3.05, 3.63) is 0 Å². The fourth-order valence-corrected chi connectivity index (χ4v) is 3.03. The minimum atomic E-state index is 0.197. The van der Waals surface area contributed by atoms with Crippen LogP contribution in [0.4, 0.5) is 0 Å². The molecule has 0 aliphatic carbocycles. The van der Waals surface area contributed by atoms with Gasteiger partial charge in [-0.3, -0.25) is 4.79 Å². The largest absolute Gasteiger partial charge is 0.354 e. The van der Waals surface area contributed by atoms with E-state index in [0.29, 0.717) is 18.5 Å². The SMILES string of the molecule is O=C1CC(NC2CCSCC2)CN1. The summed E-state index contributed by atoms with van der Waals surface area (Å²) in [7, 11) is 0. The van der Waals surface area contributed by atoms with Crippen LogP contribution in [-0.2, 0) is 4.79 Å². The van der Waals surface area contributed by atoms with Crippen molar-refractivity contribution >= 4 is 17.7 Å². The highest BCUT2D eigenvalue weighted by Gasteiger charge is 2.24. The molecule has 2 saturated heterocycles. The topological polar surface area (TPSA) is 41.1 Å². The lowest BCUT2D eigenvalue weighted by Crippen LogP contribution is -2.41. The van der Waals surface area contributed by atoms with E-state index in [1.54, 1.807) is 0 Å². The molecule has 2 aliphatic heterocycles. The molecule has 0 aromatic heterocycles. The molecular weight excluding hydrogens is 184 g/mol. The first-order valence-electron chi connectivity index (χ1n) is 4.95. The molecule has 0 aromatic rings. The Hall–Kier alpha value is -0.220. The highest BCUT2D eigenvalue weighted by atomic mass is 32.2. The first-order valence-corrected chi connectivity index (χ1v) is 6.10. The number of carbonyl (C=O) groups is 1. The lowest BCUT2D eigenvalue weighted by Gasteiger charge is -2.25. The molecule has 0 saturated carbocycles. The average Bonchev–Trinajstić information content (AvgIpc) is 2.53. The van der Waals surface area contributed by atoms with Crippen molar-refractivity contribution < 1.29 is 4.79 Å². The van der Waals surface area contributed by atoms with Crippen molar-refractivity contribution in [2.75, 3.05) is 18.1 Å². The third-order valence-corrected chi connectivity index (χ3v) is 3.72. The Labute approximate surface area is 83.0 Å². The normalized spacial score (nSPS) is 30.5. The summed E-state index contributed by atoms with van der Waals surface area (Å²) in [6.45, 7) is 0.822. The van der Waals surface area contributed by atoms with Crippen LogP contribution in [0.2, 0.25) is 0 Å². The summed E-state index contributed by atoms with van der Waals surface area (Å²) < 4.78 is 0. The molecule has 0 radical (unpaired) electrons. The van der Waals surface area contributed by atoms with Gasteiger partial charge >= 0.3 is 0 Å². The molecule has 1 atom stereocenters. The Morgan fingerprint density at radius 1 is 1.31 bits per heavy atom. The number of hydrogen-bond acceptors (Lipinski definition) is 3. The van der Waals surface area contributed by atoms with Gasteiger partial charge in [0.15, 0.2) is 0 Å². The molecule has 2 fully saturated rings. The van der Waals surface area contributed by atoms with Gasteiger partial charge < -0.3 is 10.6 Å². The molecular formula is C9H16N2OS. The molecule has 0 spiro atoms. The van der Waals surface area contributed by atoms with Crippen molar-refractivity contribution in [3.63, 3.8) is 0 Å². The summed E-state index contributed by atoms with van der Waals surface area (Å²) in [6.07, 6.45) is 3.19. The monoisotopic (exact) mass is 200 g/mol. The van der Waals surface area contributed by atoms with Gasteiger partial charge in [0, 0.05) is 25.0 Å². The number of carbonyl (C=O) groups excluding carboxylic acids is 1. The minimum Gasteiger partial charge on any atom is -0.354 e. The van der Waals surface area contributed by atoms with Crippen molar-refractivity contribution in [2.24, 2.45) is 0 Å². The van der Waals surface area contributed by atoms with Crippen LogP contribution < -0.4 is 10.6 Å². The van der Waals surface area contributed by atoms with E-state index < -0.39 is 0 Å². The molecule has 1 unspecified atom stereocenters. The second-order valence-electron chi connectivity index (χ2n) is 3.76. The molecule has 0 aromatic carbocycles. The molecule has 0 bridgehead atoms. The van der Waals surface area contributed by atoms with Gasteiger partial charge in [0.05, 0.1) is 0 Å². The first kappa shape index (κ1) is 9.34. The van der Waals surface area contributed by atoms with Crippen LogP contribution in [-0.4, -0.2) is 36.0 Å². The van der Waals surface area contributed by atoms with Crippen LogP contribution in [0.5, 0.6) is 0 Å². The van der Waals surface area contributed by atoms with Gasteiger partial charge in [0.1, 0.15) is 0 Å². The summed E-state index contributed by atoms with van der Waals surface area (Å²) in [4.78, 5) is 10.9. The number of hydrogen-bond donors (Lipinski definition) is 2. The Kier molecular flexibility index (Phi) is 3.11. The first-order chi connectivity index (χ1) is 6.34. The molecule has 2 N–H and O–H groups in total. The second kappa shape index (κ2) is 4.33. The molecule has 2 heterocycles. The zero-order valence-corrected chi connectivity index (χ0v) is 8.53. The number of amides is 1.